The van der Waals surface area contributed by atoms with Crippen molar-refractivity contribution >= 4 is 27.3 Å². The van der Waals surface area contributed by atoms with E-state index in [4.69, 9.17) is 0 Å². The average Bonchev–Trinajstić information content (AvgIpc) is 2.41. The van der Waals surface area contributed by atoms with Crippen molar-refractivity contribution in [3.63, 3.8) is 0 Å². The molecule has 20 heavy (non-hydrogen) atoms. The molecular formula is C14H12BrFN2O2. The molecule has 1 N–H and O–H groups in total. The largest absolute Gasteiger partial charge is 0.376 e. The lowest BCUT2D eigenvalue weighted by atomic mass is 10.1. The van der Waals surface area contributed by atoms with Crippen LogP contribution in [-0.2, 0) is 0 Å². The molecular weight excluding hydrogens is 327 g/mol. The fourth-order valence-corrected chi connectivity index (χ4v) is 2.07. The van der Waals surface area contributed by atoms with Gasteiger partial charge < -0.3 is 5.32 Å². The molecule has 2 aromatic carbocycles. The van der Waals surface area contributed by atoms with Crippen LogP contribution in [0.5, 0.6) is 0 Å². The molecule has 0 saturated heterocycles. The quantitative estimate of drug-likeness (QED) is 0.651. The normalized spacial score (nSPS) is 11.9. The lowest BCUT2D eigenvalue weighted by Gasteiger charge is -2.16. The molecule has 1 atom stereocenters. The Labute approximate surface area is 123 Å². The number of rotatable bonds is 4. The van der Waals surface area contributed by atoms with Gasteiger partial charge >= 0.3 is 0 Å². The van der Waals surface area contributed by atoms with Crippen LogP contribution in [0, 0.1) is 15.9 Å². The summed E-state index contributed by atoms with van der Waals surface area (Å²) in [6.07, 6.45) is 0. The molecule has 0 aromatic heterocycles. The van der Waals surface area contributed by atoms with Crippen LogP contribution >= 0.6 is 15.9 Å². The molecule has 104 valence electrons. The SMILES string of the molecule is CC(Nc1cc([N+](=O)[O-])ccc1F)c1ccc(Br)cc1. The van der Waals surface area contributed by atoms with Crippen LogP contribution in [0.25, 0.3) is 0 Å². The highest BCUT2D eigenvalue weighted by molar-refractivity contribution is 9.10. The van der Waals surface area contributed by atoms with E-state index in [0.717, 1.165) is 22.2 Å². The van der Waals surface area contributed by atoms with Gasteiger partial charge in [0.1, 0.15) is 5.82 Å². The number of nitro benzene ring substituents is 1. The summed E-state index contributed by atoms with van der Waals surface area (Å²) in [5.41, 5.74) is 0.936. The topological polar surface area (TPSA) is 55.2 Å². The zero-order chi connectivity index (χ0) is 14.7. The number of hydrogen-bond donors (Lipinski definition) is 1. The maximum atomic E-state index is 13.7. The molecule has 0 bridgehead atoms. The van der Waals surface area contributed by atoms with Crippen LogP contribution in [0.1, 0.15) is 18.5 Å². The van der Waals surface area contributed by atoms with Gasteiger partial charge in [-0.2, -0.15) is 0 Å². The second-order valence-electron chi connectivity index (χ2n) is 4.34. The second kappa shape index (κ2) is 6.00. The summed E-state index contributed by atoms with van der Waals surface area (Å²) in [4.78, 5) is 10.2. The maximum absolute atomic E-state index is 13.7. The first kappa shape index (κ1) is 14.5. The first-order chi connectivity index (χ1) is 9.47. The van der Waals surface area contributed by atoms with Crippen molar-refractivity contribution < 1.29 is 9.31 Å². The van der Waals surface area contributed by atoms with E-state index in [9.17, 15) is 14.5 Å². The number of anilines is 1. The molecule has 1 unspecified atom stereocenters. The van der Waals surface area contributed by atoms with Crippen LogP contribution in [0.15, 0.2) is 46.9 Å². The van der Waals surface area contributed by atoms with Gasteiger partial charge in [-0.25, -0.2) is 4.39 Å². The minimum atomic E-state index is -0.547. The molecule has 2 rings (SSSR count). The molecule has 0 amide bonds. The summed E-state index contributed by atoms with van der Waals surface area (Å²) in [6, 6.07) is 10.8. The fourth-order valence-electron chi connectivity index (χ4n) is 1.81. The molecule has 0 aliphatic carbocycles. The highest BCUT2D eigenvalue weighted by Gasteiger charge is 2.13. The van der Waals surface area contributed by atoms with Gasteiger partial charge in [0.2, 0.25) is 0 Å². The molecule has 0 saturated carbocycles. The molecule has 0 spiro atoms. The van der Waals surface area contributed by atoms with Gasteiger partial charge in [-0.15, -0.1) is 0 Å². The Bertz CT molecular complexity index is 632. The highest BCUT2D eigenvalue weighted by atomic mass is 79.9. The molecule has 0 aliphatic heterocycles. The zero-order valence-electron chi connectivity index (χ0n) is 10.6. The van der Waals surface area contributed by atoms with E-state index >= 15 is 0 Å². The van der Waals surface area contributed by atoms with Gasteiger partial charge in [-0.05, 0) is 30.7 Å². The van der Waals surface area contributed by atoms with Crippen LogP contribution in [0.3, 0.4) is 0 Å². The minimum Gasteiger partial charge on any atom is -0.376 e. The van der Waals surface area contributed by atoms with Gasteiger partial charge in [0.25, 0.3) is 5.69 Å². The smallest absolute Gasteiger partial charge is 0.271 e. The number of benzene rings is 2. The van der Waals surface area contributed by atoms with E-state index in [1.54, 1.807) is 0 Å². The standard InChI is InChI=1S/C14H12BrFN2O2/c1-9(10-2-4-11(15)5-3-10)17-14-8-12(18(19)20)6-7-13(14)16/h2-9,17H,1H3. The van der Waals surface area contributed by atoms with E-state index in [0.29, 0.717) is 0 Å². The summed E-state index contributed by atoms with van der Waals surface area (Å²) < 4.78 is 14.6. The Hall–Kier alpha value is -1.95. The molecule has 0 fully saturated rings. The van der Waals surface area contributed by atoms with Crippen molar-refractivity contribution in [2.75, 3.05) is 5.32 Å². The average molecular weight is 339 g/mol. The first-order valence-corrected chi connectivity index (χ1v) is 6.72. The van der Waals surface area contributed by atoms with Gasteiger partial charge in [0.05, 0.1) is 10.6 Å². The third-order valence-electron chi connectivity index (χ3n) is 2.90. The van der Waals surface area contributed by atoms with E-state index < -0.39 is 10.7 Å². The van der Waals surface area contributed by atoms with Crippen LogP contribution in [0.2, 0.25) is 0 Å². The first-order valence-electron chi connectivity index (χ1n) is 5.93. The van der Waals surface area contributed by atoms with Crippen molar-refractivity contribution in [2.45, 2.75) is 13.0 Å². The van der Waals surface area contributed by atoms with Gasteiger partial charge in [-0.3, -0.25) is 10.1 Å². The molecule has 2 aromatic rings. The second-order valence-corrected chi connectivity index (χ2v) is 5.25. The Balaban J connectivity index is 2.22. The summed E-state index contributed by atoms with van der Waals surface area (Å²) >= 11 is 3.34. The van der Waals surface area contributed by atoms with E-state index in [-0.39, 0.29) is 17.4 Å². The monoisotopic (exact) mass is 338 g/mol. The zero-order valence-corrected chi connectivity index (χ0v) is 12.2. The predicted molar refractivity (Wildman–Crippen MR) is 79.2 cm³/mol. The van der Waals surface area contributed by atoms with E-state index in [2.05, 4.69) is 21.2 Å². The number of nitrogens with one attached hydrogen (secondary N) is 1. The number of nitrogens with zero attached hydrogens (tertiary/aromatic N) is 1. The molecule has 0 heterocycles. The summed E-state index contributed by atoms with van der Waals surface area (Å²) in [7, 11) is 0. The number of halogens is 2. The van der Waals surface area contributed by atoms with Crippen LogP contribution < -0.4 is 5.32 Å². The van der Waals surface area contributed by atoms with Gasteiger partial charge in [0, 0.05) is 22.6 Å². The Morgan fingerprint density at radius 1 is 1.25 bits per heavy atom. The van der Waals surface area contributed by atoms with Crippen LogP contribution in [-0.4, -0.2) is 4.92 Å². The van der Waals surface area contributed by atoms with Crippen molar-refractivity contribution in [2.24, 2.45) is 0 Å². The number of non-ortho nitro benzene ring substituents is 1. The summed E-state index contributed by atoms with van der Waals surface area (Å²) in [5.74, 6) is -0.514. The van der Waals surface area contributed by atoms with Crippen molar-refractivity contribution in [3.05, 3.63) is 68.4 Å². The lowest BCUT2D eigenvalue weighted by Crippen LogP contribution is -2.08. The van der Waals surface area contributed by atoms with E-state index in [1.165, 1.54) is 6.07 Å². The highest BCUT2D eigenvalue weighted by Crippen LogP contribution is 2.26. The third-order valence-corrected chi connectivity index (χ3v) is 3.43. The third kappa shape index (κ3) is 3.33. The number of hydrogen-bond acceptors (Lipinski definition) is 3. The minimum absolute atomic E-state index is 0.120. The van der Waals surface area contributed by atoms with Gasteiger partial charge in [-0.1, -0.05) is 28.1 Å². The van der Waals surface area contributed by atoms with Gasteiger partial charge in [0.15, 0.2) is 0 Å². The van der Waals surface area contributed by atoms with Crippen LogP contribution in [0.4, 0.5) is 15.8 Å². The maximum Gasteiger partial charge on any atom is 0.271 e. The molecule has 4 nitrogen and oxygen atoms in total. The molecule has 0 aliphatic rings. The Morgan fingerprint density at radius 3 is 2.50 bits per heavy atom. The predicted octanol–water partition coefficient (Wildman–Crippen LogP) is 4.67. The summed E-state index contributed by atoms with van der Waals surface area (Å²) in [6.45, 7) is 1.86. The lowest BCUT2D eigenvalue weighted by molar-refractivity contribution is -0.384. The number of nitro groups is 1. The van der Waals surface area contributed by atoms with Crippen molar-refractivity contribution in [3.8, 4) is 0 Å². The van der Waals surface area contributed by atoms with Crippen molar-refractivity contribution in [1.82, 2.24) is 0 Å². The fraction of sp³-hybridized carbons (Fsp3) is 0.143. The van der Waals surface area contributed by atoms with Crippen molar-refractivity contribution in [1.29, 1.82) is 0 Å². The Kier molecular flexibility index (Phi) is 4.34. The molecule has 0 radical (unpaired) electrons. The summed E-state index contributed by atoms with van der Waals surface area (Å²) in [5, 5.41) is 13.7. The Morgan fingerprint density at radius 2 is 1.90 bits per heavy atom. The molecule has 6 heteroatoms. The van der Waals surface area contributed by atoms with E-state index in [1.807, 2.05) is 31.2 Å².